The van der Waals surface area contributed by atoms with E-state index in [2.05, 4.69) is 11.8 Å². The molecule has 21 heavy (non-hydrogen) atoms. The van der Waals surface area contributed by atoms with Gasteiger partial charge in [-0.3, -0.25) is 0 Å². The first-order valence-electron chi connectivity index (χ1n) is 7.19. The first-order chi connectivity index (χ1) is 9.96. The largest absolute Gasteiger partial charge is 0.395 e. The van der Waals surface area contributed by atoms with E-state index in [4.69, 9.17) is 5.11 Å². The molecule has 2 rings (SSSR count). The molecule has 0 aromatic heterocycles. The van der Waals surface area contributed by atoms with Gasteiger partial charge in [-0.1, -0.05) is 17.9 Å². The standard InChI is InChI=1S/C16H21NO3S/c1-13-8-9-15(7-3-4-11-18)12-16(13)21(19,20)17-10-5-6-14(17)2/h8-9,12,14,18H,4-6,10-11H2,1-2H3. The predicted molar refractivity (Wildman–Crippen MR) is 82.3 cm³/mol. The summed E-state index contributed by atoms with van der Waals surface area (Å²) >= 11 is 0. The van der Waals surface area contributed by atoms with Crippen LogP contribution in [0.1, 0.15) is 37.3 Å². The van der Waals surface area contributed by atoms with Gasteiger partial charge in [0.2, 0.25) is 10.0 Å². The fraction of sp³-hybridized carbons (Fsp3) is 0.500. The highest BCUT2D eigenvalue weighted by molar-refractivity contribution is 7.89. The second kappa shape index (κ2) is 6.61. The molecule has 0 spiro atoms. The molecule has 5 heteroatoms. The molecule has 4 nitrogen and oxygen atoms in total. The van der Waals surface area contributed by atoms with Gasteiger partial charge >= 0.3 is 0 Å². The molecule has 0 amide bonds. The Hall–Kier alpha value is -1.35. The van der Waals surface area contributed by atoms with Crippen LogP contribution in [-0.2, 0) is 10.0 Å². The maximum Gasteiger partial charge on any atom is 0.243 e. The van der Waals surface area contributed by atoms with Gasteiger partial charge in [0.05, 0.1) is 11.5 Å². The first kappa shape index (κ1) is 16.0. The molecule has 1 fully saturated rings. The Bertz CT molecular complexity index is 670. The Labute approximate surface area is 126 Å². The second-order valence-corrected chi connectivity index (χ2v) is 7.22. The molecule has 0 radical (unpaired) electrons. The molecule has 0 aliphatic carbocycles. The van der Waals surface area contributed by atoms with Gasteiger partial charge in [0.1, 0.15) is 0 Å². The Morgan fingerprint density at radius 1 is 1.43 bits per heavy atom. The number of rotatable bonds is 3. The van der Waals surface area contributed by atoms with Crippen molar-refractivity contribution in [2.75, 3.05) is 13.2 Å². The average Bonchev–Trinajstić information content (AvgIpc) is 2.88. The first-order valence-corrected chi connectivity index (χ1v) is 8.63. The lowest BCUT2D eigenvalue weighted by Gasteiger charge is -2.22. The molecule has 1 atom stereocenters. The monoisotopic (exact) mass is 307 g/mol. The molecule has 1 aliphatic heterocycles. The molecular weight excluding hydrogens is 286 g/mol. The third kappa shape index (κ3) is 3.46. The van der Waals surface area contributed by atoms with Crippen molar-refractivity contribution in [2.45, 2.75) is 44.0 Å². The number of nitrogens with zero attached hydrogens (tertiary/aromatic N) is 1. The lowest BCUT2D eigenvalue weighted by atomic mass is 10.1. The number of benzene rings is 1. The molecule has 0 bridgehead atoms. The van der Waals surface area contributed by atoms with Crippen molar-refractivity contribution >= 4 is 10.0 Å². The van der Waals surface area contributed by atoms with E-state index in [9.17, 15) is 8.42 Å². The summed E-state index contributed by atoms with van der Waals surface area (Å²) in [5, 5.41) is 8.74. The number of sulfonamides is 1. The van der Waals surface area contributed by atoms with Crippen LogP contribution in [0.2, 0.25) is 0 Å². The van der Waals surface area contributed by atoms with E-state index in [0.29, 0.717) is 23.4 Å². The topological polar surface area (TPSA) is 57.6 Å². The van der Waals surface area contributed by atoms with Crippen LogP contribution in [-0.4, -0.2) is 37.0 Å². The molecule has 1 saturated heterocycles. The lowest BCUT2D eigenvalue weighted by molar-refractivity contribution is 0.305. The van der Waals surface area contributed by atoms with Gasteiger partial charge in [-0.2, -0.15) is 4.31 Å². The zero-order chi connectivity index (χ0) is 15.5. The third-order valence-electron chi connectivity index (χ3n) is 3.74. The van der Waals surface area contributed by atoms with Crippen molar-refractivity contribution in [2.24, 2.45) is 0 Å². The maximum atomic E-state index is 12.8. The SMILES string of the molecule is Cc1ccc(C#CCCO)cc1S(=O)(=O)N1CCCC1C. The average molecular weight is 307 g/mol. The summed E-state index contributed by atoms with van der Waals surface area (Å²) in [6, 6.07) is 5.29. The number of hydrogen-bond donors (Lipinski definition) is 1. The molecule has 1 aliphatic rings. The summed E-state index contributed by atoms with van der Waals surface area (Å²) in [4.78, 5) is 0.340. The van der Waals surface area contributed by atoms with Gasteiger partial charge in [0.25, 0.3) is 0 Å². The van der Waals surface area contributed by atoms with Crippen LogP contribution in [0, 0.1) is 18.8 Å². The molecule has 1 unspecified atom stereocenters. The van der Waals surface area contributed by atoms with E-state index < -0.39 is 10.0 Å². The summed E-state index contributed by atoms with van der Waals surface area (Å²) in [7, 11) is -3.46. The fourth-order valence-electron chi connectivity index (χ4n) is 2.57. The Kier molecular flexibility index (Phi) is 5.04. The molecule has 1 heterocycles. The van der Waals surface area contributed by atoms with E-state index >= 15 is 0 Å². The summed E-state index contributed by atoms with van der Waals surface area (Å²) in [5.41, 5.74) is 1.40. The number of aliphatic hydroxyl groups excluding tert-OH is 1. The molecule has 1 aromatic rings. The van der Waals surface area contributed by atoms with Crippen molar-refractivity contribution in [1.29, 1.82) is 0 Å². The summed E-state index contributed by atoms with van der Waals surface area (Å²) in [6.45, 7) is 4.35. The highest BCUT2D eigenvalue weighted by atomic mass is 32.2. The number of aryl methyl sites for hydroxylation is 1. The second-order valence-electron chi connectivity index (χ2n) is 5.36. The number of aliphatic hydroxyl groups is 1. The lowest BCUT2D eigenvalue weighted by Crippen LogP contribution is -2.34. The minimum Gasteiger partial charge on any atom is -0.395 e. The van der Waals surface area contributed by atoms with Crippen molar-refractivity contribution in [3.8, 4) is 11.8 Å². The summed E-state index contributed by atoms with van der Waals surface area (Å²) < 4.78 is 27.2. The van der Waals surface area contributed by atoms with E-state index in [-0.39, 0.29) is 12.6 Å². The van der Waals surface area contributed by atoms with Crippen molar-refractivity contribution < 1.29 is 13.5 Å². The summed E-state index contributed by atoms with van der Waals surface area (Å²) in [6.07, 6.45) is 2.21. The molecule has 1 aromatic carbocycles. The third-order valence-corrected chi connectivity index (χ3v) is 5.89. The quantitative estimate of drug-likeness (QED) is 0.868. The normalized spacial score (nSPS) is 19.3. The van der Waals surface area contributed by atoms with Crippen LogP contribution in [0.4, 0.5) is 0 Å². The van der Waals surface area contributed by atoms with Gasteiger partial charge < -0.3 is 5.11 Å². The highest BCUT2D eigenvalue weighted by Crippen LogP contribution is 2.28. The van der Waals surface area contributed by atoms with Crippen molar-refractivity contribution in [3.63, 3.8) is 0 Å². The van der Waals surface area contributed by atoms with Gasteiger partial charge in [-0.25, -0.2) is 8.42 Å². The van der Waals surface area contributed by atoms with Crippen LogP contribution in [0.15, 0.2) is 23.1 Å². The Balaban J connectivity index is 2.39. The van der Waals surface area contributed by atoms with Gasteiger partial charge in [-0.15, -0.1) is 0 Å². The van der Waals surface area contributed by atoms with Gasteiger partial charge in [-0.05, 0) is 44.4 Å². The smallest absolute Gasteiger partial charge is 0.243 e. The minimum atomic E-state index is -3.46. The van der Waals surface area contributed by atoms with Gasteiger partial charge in [0.15, 0.2) is 0 Å². The zero-order valence-electron chi connectivity index (χ0n) is 12.5. The number of hydrogen-bond acceptors (Lipinski definition) is 3. The van der Waals surface area contributed by atoms with Crippen molar-refractivity contribution in [3.05, 3.63) is 29.3 Å². The van der Waals surface area contributed by atoms with E-state index in [1.807, 2.05) is 13.0 Å². The zero-order valence-corrected chi connectivity index (χ0v) is 13.3. The van der Waals surface area contributed by atoms with Crippen molar-refractivity contribution in [1.82, 2.24) is 4.31 Å². The maximum absolute atomic E-state index is 12.8. The summed E-state index contributed by atoms with van der Waals surface area (Å²) in [5.74, 6) is 5.71. The Morgan fingerprint density at radius 3 is 2.81 bits per heavy atom. The molecule has 1 N–H and O–H groups in total. The molecule has 0 saturated carbocycles. The molecule has 114 valence electrons. The van der Waals surface area contributed by atoms with E-state index in [0.717, 1.165) is 18.4 Å². The van der Waals surface area contributed by atoms with Gasteiger partial charge in [0, 0.05) is 24.6 Å². The predicted octanol–water partition coefficient (Wildman–Crippen LogP) is 1.90. The van der Waals surface area contributed by atoms with E-state index in [1.165, 1.54) is 0 Å². The van der Waals surface area contributed by atoms with Crippen LogP contribution in [0.3, 0.4) is 0 Å². The fourth-order valence-corrected chi connectivity index (χ4v) is 4.52. The van der Waals surface area contributed by atoms with Crippen LogP contribution in [0.5, 0.6) is 0 Å². The van der Waals surface area contributed by atoms with Crippen LogP contribution >= 0.6 is 0 Å². The van der Waals surface area contributed by atoms with Crippen LogP contribution < -0.4 is 0 Å². The molecular formula is C16H21NO3S. The van der Waals surface area contributed by atoms with E-state index in [1.54, 1.807) is 23.4 Å². The highest BCUT2D eigenvalue weighted by Gasteiger charge is 2.33. The Morgan fingerprint density at radius 2 is 2.19 bits per heavy atom. The van der Waals surface area contributed by atoms with Crippen LogP contribution in [0.25, 0.3) is 0 Å². The minimum absolute atomic E-state index is 0.00924.